The summed E-state index contributed by atoms with van der Waals surface area (Å²) < 4.78 is 25.3. The lowest BCUT2D eigenvalue weighted by Crippen LogP contribution is -2.01. The summed E-state index contributed by atoms with van der Waals surface area (Å²) >= 11 is 0. The van der Waals surface area contributed by atoms with E-state index in [0.29, 0.717) is 25.1 Å². The maximum absolute atomic E-state index is 12.7. The first-order valence-corrected chi connectivity index (χ1v) is 4.29. The Morgan fingerprint density at radius 2 is 1.86 bits per heavy atom. The number of benzene rings is 1. The normalized spacial score (nSPS) is 9.50. The van der Waals surface area contributed by atoms with E-state index in [1.54, 1.807) is 0 Å². The van der Waals surface area contributed by atoms with Crippen molar-refractivity contribution in [1.29, 1.82) is 5.26 Å². The van der Waals surface area contributed by atoms with Crippen molar-refractivity contribution in [2.24, 2.45) is 0 Å². The Hall–Kier alpha value is -1.63. The van der Waals surface area contributed by atoms with Gasteiger partial charge in [0.1, 0.15) is 11.6 Å². The van der Waals surface area contributed by atoms with E-state index in [1.165, 1.54) is 12.1 Å². The standard InChI is InChI=1S/C10H10F2N2/c11-8-5-9(12)7-10(6-8)14-4-2-1-3-13/h5-7,14H,1-2,4H2. The second-order valence-electron chi connectivity index (χ2n) is 2.85. The van der Waals surface area contributed by atoms with Crippen molar-refractivity contribution in [3.05, 3.63) is 29.8 Å². The molecular formula is C10H10F2N2. The highest BCUT2D eigenvalue weighted by Gasteiger charge is 1.99. The van der Waals surface area contributed by atoms with E-state index in [-0.39, 0.29) is 0 Å². The Morgan fingerprint density at radius 1 is 1.21 bits per heavy atom. The fraction of sp³-hybridized carbons (Fsp3) is 0.300. The zero-order valence-corrected chi connectivity index (χ0v) is 7.56. The van der Waals surface area contributed by atoms with Gasteiger partial charge in [-0.3, -0.25) is 0 Å². The van der Waals surface area contributed by atoms with E-state index in [4.69, 9.17) is 5.26 Å². The quantitative estimate of drug-likeness (QED) is 0.751. The Kier molecular flexibility index (Phi) is 3.86. The lowest BCUT2D eigenvalue weighted by molar-refractivity contribution is 0.584. The van der Waals surface area contributed by atoms with Gasteiger partial charge < -0.3 is 5.32 Å². The van der Waals surface area contributed by atoms with Crippen LogP contribution >= 0.6 is 0 Å². The van der Waals surface area contributed by atoms with Gasteiger partial charge in [0.15, 0.2) is 0 Å². The predicted octanol–water partition coefficient (Wildman–Crippen LogP) is 2.68. The smallest absolute Gasteiger partial charge is 0.128 e. The van der Waals surface area contributed by atoms with Crippen LogP contribution in [-0.4, -0.2) is 6.54 Å². The van der Waals surface area contributed by atoms with E-state index >= 15 is 0 Å². The van der Waals surface area contributed by atoms with E-state index in [2.05, 4.69) is 5.32 Å². The van der Waals surface area contributed by atoms with E-state index in [9.17, 15) is 8.78 Å². The summed E-state index contributed by atoms with van der Waals surface area (Å²) in [7, 11) is 0. The third kappa shape index (κ3) is 3.40. The van der Waals surface area contributed by atoms with Gasteiger partial charge in [0.2, 0.25) is 0 Å². The number of rotatable bonds is 4. The van der Waals surface area contributed by atoms with E-state index < -0.39 is 11.6 Å². The number of hydrogen-bond acceptors (Lipinski definition) is 2. The lowest BCUT2D eigenvalue weighted by atomic mass is 10.2. The summed E-state index contributed by atoms with van der Waals surface area (Å²) in [5.74, 6) is -1.21. The molecule has 0 fully saturated rings. The third-order valence-corrected chi connectivity index (χ3v) is 1.66. The molecule has 0 unspecified atom stereocenters. The van der Waals surface area contributed by atoms with Gasteiger partial charge in [0.25, 0.3) is 0 Å². The molecule has 0 heterocycles. The Morgan fingerprint density at radius 3 is 2.43 bits per heavy atom. The molecule has 14 heavy (non-hydrogen) atoms. The van der Waals surface area contributed by atoms with Crippen LogP contribution in [0.3, 0.4) is 0 Å². The van der Waals surface area contributed by atoms with Crippen molar-refractivity contribution in [3.63, 3.8) is 0 Å². The molecule has 0 aliphatic carbocycles. The van der Waals surface area contributed by atoms with Crippen LogP contribution in [0.25, 0.3) is 0 Å². The highest BCUT2D eigenvalue weighted by molar-refractivity contribution is 5.43. The molecule has 0 aliphatic rings. The largest absolute Gasteiger partial charge is 0.385 e. The Bertz CT molecular complexity index is 324. The molecule has 4 heteroatoms. The van der Waals surface area contributed by atoms with Gasteiger partial charge in [-0.2, -0.15) is 5.26 Å². The second-order valence-corrected chi connectivity index (χ2v) is 2.85. The van der Waals surface area contributed by atoms with Crippen molar-refractivity contribution >= 4 is 5.69 Å². The molecule has 74 valence electrons. The first kappa shape index (κ1) is 10.5. The molecule has 0 saturated carbocycles. The summed E-state index contributed by atoms with van der Waals surface area (Å²) in [6.07, 6.45) is 1.10. The van der Waals surface area contributed by atoms with E-state index in [1.807, 2.05) is 6.07 Å². The highest BCUT2D eigenvalue weighted by Crippen LogP contribution is 2.12. The van der Waals surface area contributed by atoms with Crippen LogP contribution in [-0.2, 0) is 0 Å². The number of hydrogen-bond donors (Lipinski definition) is 1. The summed E-state index contributed by atoms with van der Waals surface area (Å²) in [5.41, 5.74) is 0.403. The minimum Gasteiger partial charge on any atom is -0.385 e. The van der Waals surface area contributed by atoms with Crippen molar-refractivity contribution in [3.8, 4) is 6.07 Å². The monoisotopic (exact) mass is 196 g/mol. The molecule has 0 saturated heterocycles. The van der Waals surface area contributed by atoms with Crippen molar-refractivity contribution < 1.29 is 8.78 Å². The van der Waals surface area contributed by atoms with Crippen LogP contribution in [0.15, 0.2) is 18.2 Å². The third-order valence-electron chi connectivity index (χ3n) is 1.66. The average molecular weight is 196 g/mol. The van der Waals surface area contributed by atoms with Gasteiger partial charge >= 0.3 is 0 Å². The Labute approximate surface area is 81.2 Å². The van der Waals surface area contributed by atoms with Crippen molar-refractivity contribution in [2.75, 3.05) is 11.9 Å². The van der Waals surface area contributed by atoms with E-state index in [0.717, 1.165) is 6.07 Å². The number of nitriles is 1. The molecule has 2 nitrogen and oxygen atoms in total. The Balaban J connectivity index is 2.47. The second kappa shape index (κ2) is 5.18. The molecule has 1 N–H and O–H groups in total. The van der Waals surface area contributed by atoms with Crippen LogP contribution < -0.4 is 5.32 Å². The van der Waals surface area contributed by atoms with Crippen LogP contribution in [0.4, 0.5) is 14.5 Å². The minimum absolute atomic E-state index is 0.403. The number of halogens is 2. The molecule has 1 aromatic carbocycles. The van der Waals surface area contributed by atoms with Crippen molar-refractivity contribution in [2.45, 2.75) is 12.8 Å². The first-order chi connectivity index (χ1) is 6.72. The van der Waals surface area contributed by atoms with Crippen LogP contribution in [0.2, 0.25) is 0 Å². The van der Waals surface area contributed by atoms with Gasteiger partial charge in [-0.1, -0.05) is 0 Å². The van der Waals surface area contributed by atoms with Gasteiger partial charge in [-0.15, -0.1) is 0 Å². The molecule has 0 radical (unpaired) electrons. The lowest BCUT2D eigenvalue weighted by Gasteiger charge is -2.04. The summed E-state index contributed by atoms with van der Waals surface area (Å²) in [5, 5.41) is 11.1. The molecule has 0 aliphatic heterocycles. The van der Waals surface area contributed by atoms with Gasteiger partial charge in [0.05, 0.1) is 6.07 Å². The maximum atomic E-state index is 12.7. The summed E-state index contributed by atoms with van der Waals surface area (Å²) in [4.78, 5) is 0. The predicted molar refractivity (Wildman–Crippen MR) is 49.7 cm³/mol. The number of nitrogens with zero attached hydrogens (tertiary/aromatic N) is 1. The van der Waals surface area contributed by atoms with Crippen molar-refractivity contribution in [1.82, 2.24) is 0 Å². The maximum Gasteiger partial charge on any atom is 0.128 e. The fourth-order valence-electron chi connectivity index (χ4n) is 1.06. The zero-order valence-electron chi connectivity index (χ0n) is 7.56. The van der Waals surface area contributed by atoms with Gasteiger partial charge in [-0.05, 0) is 18.6 Å². The highest BCUT2D eigenvalue weighted by atomic mass is 19.1. The topological polar surface area (TPSA) is 35.8 Å². The molecule has 0 atom stereocenters. The molecule has 1 rings (SSSR count). The van der Waals surface area contributed by atoms with Crippen LogP contribution in [0, 0.1) is 23.0 Å². The number of unbranched alkanes of at least 4 members (excludes halogenated alkanes) is 1. The summed E-state index contributed by atoms with van der Waals surface area (Å²) in [6.45, 7) is 0.538. The number of anilines is 1. The SMILES string of the molecule is N#CCCCNc1cc(F)cc(F)c1. The molecular weight excluding hydrogens is 186 g/mol. The molecule has 0 amide bonds. The average Bonchev–Trinajstić information content (AvgIpc) is 2.11. The molecule has 0 aromatic heterocycles. The molecule has 0 spiro atoms. The molecule has 1 aromatic rings. The minimum atomic E-state index is -0.604. The van der Waals surface area contributed by atoms with Gasteiger partial charge in [-0.25, -0.2) is 8.78 Å². The summed E-state index contributed by atoms with van der Waals surface area (Å²) in [6, 6.07) is 5.24. The van der Waals surface area contributed by atoms with Gasteiger partial charge in [0, 0.05) is 24.7 Å². The van der Waals surface area contributed by atoms with Crippen LogP contribution in [0.1, 0.15) is 12.8 Å². The number of nitrogens with one attached hydrogen (secondary N) is 1. The van der Waals surface area contributed by atoms with Crippen LogP contribution in [0.5, 0.6) is 0 Å². The zero-order chi connectivity index (χ0) is 10.4. The fourth-order valence-corrected chi connectivity index (χ4v) is 1.06. The first-order valence-electron chi connectivity index (χ1n) is 4.29. The molecule has 0 bridgehead atoms.